The van der Waals surface area contributed by atoms with Gasteiger partial charge in [0, 0.05) is 12.4 Å². The zero-order valence-corrected chi connectivity index (χ0v) is 14.5. The Balaban J connectivity index is 0.00000100. The van der Waals surface area contributed by atoms with Crippen LogP contribution >= 0.6 is 0 Å². The Labute approximate surface area is 142 Å². The number of anilines is 1. The molecule has 4 N–H and O–H groups in total. The zero-order valence-electron chi connectivity index (χ0n) is 14.5. The van der Waals surface area contributed by atoms with Gasteiger partial charge in [0.2, 0.25) is 5.95 Å². The maximum absolute atomic E-state index is 11.4. The van der Waals surface area contributed by atoms with Crippen LogP contribution in [0, 0.1) is 6.92 Å². The lowest BCUT2D eigenvalue weighted by molar-refractivity contribution is 0.0953. The largest absolute Gasteiger partial charge is 0.345 e. The van der Waals surface area contributed by atoms with Crippen LogP contribution in [0.2, 0.25) is 0 Å². The number of benzene rings is 1. The number of aromatic nitrogens is 2. The monoisotopic (exact) mass is 327 g/mol. The van der Waals surface area contributed by atoms with Gasteiger partial charge < -0.3 is 5.32 Å². The van der Waals surface area contributed by atoms with Crippen molar-refractivity contribution < 1.29 is 4.79 Å². The number of amides is 1. The Morgan fingerprint density at radius 3 is 2.17 bits per heavy atom. The Morgan fingerprint density at radius 1 is 1.12 bits per heavy atom. The second-order valence-electron chi connectivity index (χ2n) is 5.70. The molecule has 1 aromatic heterocycles. The Bertz CT molecular complexity index is 663. The average molecular weight is 327 g/mol. The van der Waals surface area contributed by atoms with Crippen LogP contribution < -0.4 is 16.6 Å². The van der Waals surface area contributed by atoms with E-state index in [2.05, 4.69) is 51.9 Å². The molecule has 0 atom stereocenters. The lowest BCUT2D eigenvalue weighted by Gasteiger charge is -2.43. The van der Waals surface area contributed by atoms with Crippen molar-refractivity contribution in [2.75, 3.05) is 5.32 Å². The van der Waals surface area contributed by atoms with Crippen LogP contribution in [0.1, 0.15) is 54.6 Å². The Hall–Kier alpha value is -2.47. The number of nitrogens with one attached hydrogen (secondary N) is 2. The molecule has 1 fully saturated rings. The van der Waals surface area contributed by atoms with Gasteiger partial charge in [0.25, 0.3) is 5.91 Å². The molecule has 1 saturated carbocycles. The SMILES string of the molecule is CC.Cc1ccc(C2(Nc3ncc(C(=O)NN)cn3)CCC2)cc1. The number of nitrogen functional groups attached to an aromatic ring is 1. The lowest BCUT2D eigenvalue weighted by atomic mass is 9.72. The van der Waals surface area contributed by atoms with Gasteiger partial charge in [-0.05, 0) is 31.7 Å². The summed E-state index contributed by atoms with van der Waals surface area (Å²) in [5, 5.41) is 3.43. The summed E-state index contributed by atoms with van der Waals surface area (Å²) in [7, 11) is 0. The van der Waals surface area contributed by atoms with Gasteiger partial charge in [-0.25, -0.2) is 15.8 Å². The highest BCUT2D eigenvalue weighted by molar-refractivity contribution is 5.93. The first kappa shape index (κ1) is 17.9. The van der Waals surface area contributed by atoms with E-state index in [0.29, 0.717) is 11.5 Å². The highest BCUT2D eigenvalue weighted by atomic mass is 16.2. The van der Waals surface area contributed by atoms with Gasteiger partial charge in [-0.2, -0.15) is 0 Å². The molecule has 6 nitrogen and oxygen atoms in total. The molecular weight excluding hydrogens is 302 g/mol. The minimum Gasteiger partial charge on any atom is -0.345 e. The van der Waals surface area contributed by atoms with Crippen LogP contribution in [-0.2, 0) is 5.54 Å². The molecule has 1 aliphatic carbocycles. The van der Waals surface area contributed by atoms with Crippen LogP contribution in [0.3, 0.4) is 0 Å². The number of aryl methyl sites for hydroxylation is 1. The van der Waals surface area contributed by atoms with Crippen LogP contribution in [0.25, 0.3) is 0 Å². The summed E-state index contributed by atoms with van der Waals surface area (Å²) in [5.74, 6) is 5.21. The molecule has 3 rings (SSSR count). The normalized spacial score (nSPS) is 14.7. The van der Waals surface area contributed by atoms with E-state index in [-0.39, 0.29) is 5.54 Å². The molecule has 1 aromatic carbocycles. The number of carbonyl (C=O) groups excluding carboxylic acids is 1. The van der Waals surface area contributed by atoms with Crippen molar-refractivity contribution in [2.24, 2.45) is 5.84 Å². The van der Waals surface area contributed by atoms with Gasteiger partial charge in [0.05, 0.1) is 11.1 Å². The van der Waals surface area contributed by atoms with E-state index >= 15 is 0 Å². The van der Waals surface area contributed by atoms with Gasteiger partial charge in [-0.1, -0.05) is 43.7 Å². The molecule has 1 heterocycles. The van der Waals surface area contributed by atoms with E-state index in [4.69, 9.17) is 5.84 Å². The molecule has 0 radical (unpaired) electrons. The van der Waals surface area contributed by atoms with Gasteiger partial charge in [-0.15, -0.1) is 0 Å². The van der Waals surface area contributed by atoms with Crippen molar-refractivity contribution in [3.8, 4) is 0 Å². The second kappa shape index (κ2) is 7.88. The van der Waals surface area contributed by atoms with E-state index in [1.165, 1.54) is 29.9 Å². The maximum Gasteiger partial charge on any atom is 0.268 e. The lowest BCUT2D eigenvalue weighted by Crippen LogP contribution is -2.42. The van der Waals surface area contributed by atoms with E-state index < -0.39 is 5.91 Å². The van der Waals surface area contributed by atoms with Crippen molar-refractivity contribution >= 4 is 11.9 Å². The number of carbonyl (C=O) groups is 1. The molecule has 0 spiro atoms. The molecule has 128 valence electrons. The number of hydrogen-bond acceptors (Lipinski definition) is 5. The van der Waals surface area contributed by atoms with Crippen LogP contribution in [0.5, 0.6) is 0 Å². The minimum absolute atomic E-state index is 0.106. The number of hydrazine groups is 1. The standard InChI is InChI=1S/C16H19N5O.C2H6/c1-11-3-5-13(6-4-11)16(7-2-8-16)20-15-18-9-12(10-19-15)14(22)21-17;1-2/h3-6,9-10H,2,7-8,17H2,1H3,(H,21,22)(H,18,19,20);1-2H3. The molecular formula is C18H25N5O. The summed E-state index contributed by atoms with van der Waals surface area (Å²) in [6.45, 7) is 6.08. The Kier molecular flexibility index (Phi) is 5.87. The van der Waals surface area contributed by atoms with Crippen LogP contribution in [-0.4, -0.2) is 15.9 Å². The molecule has 0 bridgehead atoms. The summed E-state index contributed by atoms with van der Waals surface area (Å²) in [4.78, 5) is 19.8. The Morgan fingerprint density at radius 2 is 1.71 bits per heavy atom. The predicted molar refractivity (Wildman–Crippen MR) is 95.4 cm³/mol. The number of rotatable bonds is 4. The minimum atomic E-state index is -0.400. The summed E-state index contributed by atoms with van der Waals surface area (Å²) >= 11 is 0. The van der Waals surface area contributed by atoms with Crippen LogP contribution in [0.15, 0.2) is 36.7 Å². The van der Waals surface area contributed by atoms with Crippen molar-refractivity contribution in [3.63, 3.8) is 0 Å². The molecule has 6 heteroatoms. The zero-order chi connectivity index (χ0) is 17.6. The first-order valence-electron chi connectivity index (χ1n) is 8.31. The van der Waals surface area contributed by atoms with Gasteiger partial charge in [0.1, 0.15) is 0 Å². The van der Waals surface area contributed by atoms with Crippen molar-refractivity contribution in [2.45, 2.75) is 45.6 Å². The fraction of sp³-hybridized carbons (Fsp3) is 0.389. The van der Waals surface area contributed by atoms with Crippen LogP contribution in [0.4, 0.5) is 5.95 Å². The van der Waals surface area contributed by atoms with E-state index in [1.54, 1.807) is 0 Å². The highest BCUT2D eigenvalue weighted by Crippen LogP contribution is 2.43. The van der Waals surface area contributed by atoms with Crippen molar-refractivity contribution in [3.05, 3.63) is 53.3 Å². The van der Waals surface area contributed by atoms with E-state index in [0.717, 1.165) is 12.8 Å². The van der Waals surface area contributed by atoms with E-state index in [1.807, 2.05) is 13.8 Å². The molecule has 0 saturated heterocycles. The topological polar surface area (TPSA) is 92.9 Å². The maximum atomic E-state index is 11.4. The average Bonchev–Trinajstić information content (AvgIpc) is 2.60. The highest BCUT2D eigenvalue weighted by Gasteiger charge is 2.39. The smallest absolute Gasteiger partial charge is 0.268 e. The summed E-state index contributed by atoms with van der Waals surface area (Å²) in [6.07, 6.45) is 6.21. The van der Waals surface area contributed by atoms with Gasteiger partial charge >= 0.3 is 0 Å². The number of nitrogens with zero attached hydrogens (tertiary/aromatic N) is 2. The second-order valence-corrected chi connectivity index (χ2v) is 5.70. The molecule has 2 aromatic rings. The summed E-state index contributed by atoms with van der Waals surface area (Å²) < 4.78 is 0. The first-order chi connectivity index (χ1) is 11.6. The summed E-state index contributed by atoms with van der Waals surface area (Å²) in [6, 6.07) is 8.54. The molecule has 1 amide bonds. The third-order valence-electron chi connectivity index (χ3n) is 4.21. The van der Waals surface area contributed by atoms with Crippen molar-refractivity contribution in [1.29, 1.82) is 0 Å². The van der Waals surface area contributed by atoms with E-state index in [9.17, 15) is 4.79 Å². The third kappa shape index (κ3) is 3.71. The number of hydrogen-bond donors (Lipinski definition) is 3. The molecule has 0 unspecified atom stereocenters. The van der Waals surface area contributed by atoms with Gasteiger partial charge in [0.15, 0.2) is 0 Å². The molecule has 0 aliphatic heterocycles. The number of nitrogens with two attached hydrogens (primary N) is 1. The summed E-state index contributed by atoms with van der Waals surface area (Å²) in [5.41, 5.74) is 4.79. The fourth-order valence-corrected chi connectivity index (χ4v) is 2.70. The van der Waals surface area contributed by atoms with Crippen molar-refractivity contribution in [1.82, 2.24) is 15.4 Å². The molecule has 1 aliphatic rings. The predicted octanol–water partition coefficient (Wildman–Crippen LogP) is 2.91. The quantitative estimate of drug-likeness (QED) is 0.456. The first-order valence-corrected chi connectivity index (χ1v) is 8.31. The van der Waals surface area contributed by atoms with Gasteiger partial charge in [-0.3, -0.25) is 10.2 Å². The molecule has 24 heavy (non-hydrogen) atoms. The third-order valence-corrected chi connectivity index (χ3v) is 4.21. The fourth-order valence-electron chi connectivity index (χ4n) is 2.70.